The predicted molar refractivity (Wildman–Crippen MR) is 65.3 cm³/mol. The molecule has 0 aromatic heterocycles. The highest BCUT2D eigenvalue weighted by atomic mass is 16.5. The lowest BCUT2D eigenvalue weighted by Gasteiger charge is -2.05. The average molecular weight is 204 g/mol. The number of allylic oxidation sites excluding steroid dienone is 1. The Kier molecular flexibility index (Phi) is 4.96. The van der Waals surface area contributed by atoms with Gasteiger partial charge in [0.05, 0.1) is 0 Å². The van der Waals surface area contributed by atoms with E-state index >= 15 is 0 Å². The van der Waals surface area contributed by atoms with E-state index in [2.05, 4.69) is 39.0 Å². The van der Waals surface area contributed by atoms with Gasteiger partial charge >= 0.3 is 0 Å². The zero-order valence-electron chi connectivity index (χ0n) is 9.92. The van der Waals surface area contributed by atoms with Crippen molar-refractivity contribution in [2.75, 3.05) is 6.61 Å². The SMILES string of the molecule is CCC(=CCOc1ccc(C)cc1)CC. The molecule has 0 fully saturated rings. The van der Waals surface area contributed by atoms with Crippen LogP contribution in [0.4, 0.5) is 0 Å². The molecule has 15 heavy (non-hydrogen) atoms. The Morgan fingerprint density at radius 2 is 1.73 bits per heavy atom. The van der Waals surface area contributed by atoms with E-state index in [4.69, 9.17) is 4.74 Å². The van der Waals surface area contributed by atoms with Crippen LogP contribution in [0.2, 0.25) is 0 Å². The summed E-state index contributed by atoms with van der Waals surface area (Å²) in [4.78, 5) is 0. The maximum Gasteiger partial charge on any atom is 0.119 e. The molecule has 1 heteroatoms. The molecule has 82 valence electrons. The molecule has 0 heterocycles. The first kappa shape index (κ1) is 11.8. The van der Waals surface area contributed by atoms with Crippen LogP contribution >= 0.6 is 0 Å². The lowest BCUT2D eigenvalue weighted by Crippen LogP contribution is -1.95. The van der Waals surface area contributed by atoms with Crippen LogP contribution in [-0.2, 0) is 0 Å². The van der Waals surface area contributed by atoms with E-state index in [-0.39, 0.29) is 0 Å². The Balaban J connectivity index is 2.43. The molecular formula is C14H20O. The number of rotatable bonds is 5. The maximum absolute atomic E-state index is 5.62. The van der Waals surface area contributed by atoms with Gasteiger partial charge in [-0.1, -0.05) is 37.1 Å². The summed E-state index contributed by atoms with van der Waals surface area (Å²) in [5.41, 5.74) is 2.72. The quantitative estimate of drug-likeness (QED) is 0.655. The summed E-state index contributed by atoms with van der Waals surface area (Å²) in [5.74, 6) is 0.948. The van der Waals surface area contributed by atoms with Gasteiger partial charge in [0, 0.05) is 0 Å². The summed E-state index contributed by atoms with van der Waals surface area (Å²) < 4.78 is 5.62. The summed E-state index contributed by atoms with van der Waals surface area (Å²) in [5, 5.41) is 0. The van der Waals surface area contributed by atoms with E-state index < -0.39 is 0 Å². The van der Waals surface area contributed by atoms with Gasteiger partial charge in [-0.25, -0.2) is 0 Å². The Morgan fingerprint density at radius 1 is 1.13 bits per heavy atom. The molecule has 0 saturated carbocycles. The molecular weight excluding hydrogens is 184 g/mol. The Hall–Kier alpha value is -1.24. The summed E-state index contributed by atoms with van der Waals surface area (Å²) >= 11 is 0. The number of hydrogen-bond donors (Lipinski definition) is 0. The third-order valence-corrected chi connectivity index (χ3v) is 2.55. The van der Waals surface area contributed by atoms with Gasteiger partial charge in [-0.2, -0.15) is 0 Å². The van der Waals surface area contributed by atoms with Crippen molar-refractivity contribution in [3.63, 3.8) is 0 Å². The molecule has 1 aromatic carbocycles. The molecule has 1 aromatic rings. The van der Waals surface area contributed by atoms with E-state index in [0.29, 0.717) is 6.61 Å². The van der Waals surface area contributed by atoms with Crippen LogP contribution in [-0.4, -0.2) is 6.61 Å². The van der Waals surface area contributed by atoms with E-state index in [1.165, 1.54) is 11.1 Å². The minimum absolute atomic E-state index is 0.681. The number of ether oxygens (including phenoxy) is 1. The molecule has 0 aliphatic carbocycles. The van der Waals surface area contributed by atoms with E-state index in [9.17, 15) is 0 Å². The van der Waals surface area contributed by atoms with Crippen molar-refractivity contribution in [1.82, 2.24) is 0 Å². The second-order valence-electron chi connectivity index (χ2n) is 3.69. The minimum atomic E-state index is 0.681. The molecule has 0 aliphatic rings. The van der Waals surface area contributed by atoms with Crippen LogP contribution in [0.5, 0.6) is 5.75 Å². The van der Waals surface area contributed by atoms with E-state index in [1.54, 1.807) is 0 Å². The third kappa shape index (κ3) is 4.20. The molecule has 0 radical (unpaired) electrons. The van der Waals surface area contributed by atoms with Gasteiger partial charge in [0.1, 0.15) is 12.4 Å². The van der Waals surface area contributed by atoms with Gasteiger partial charge in [-0.05, 0) is 38.0 Å². The van der Waals surface area contributed by atoms with Gasteiger partial charge < -0.3 is 4.74 Å². The van der Waals surface area contributed by atoms with Crippen LogP contribution < -0.4 is 4.74 Å². The van der Waals surface area contributed by atoms with Crippen LogP contribution in [0.3, 0.4) is 0 Å². The van der Waals surface area contributed by atoms with Gasteiger partial charge in [0.15, 0.2) is 0 Å². The highest BCUT2D eigenvalue weighted by Gasteiger charge is 1.92. The summed E-state index contributed by atoms with van der Waals surface area (Å²) in [6.45, 7) is 7.12. The van der Waals surface area contributed by atoms with Crippen LogP contribution in [0.1, 0.15) is 32.3 Å². The van der Waals surface area contributed by atoms with Crippen LogP contribution in [0.15, 0.2) is 35.9 Å². The number of hydrogen-bond acceptors (Lipinski definition) is 1. The Labute approximate surface area is 92.8 Å². The molecule has 0 atom stereocenters. The monoisotopic (exact) mass is 204 g/mol. The van der Waals surface area contributed by atoms with Gasteiger partial charge in [-0.3, -0.25) is 0 Å². The number of benzene rings is 1. The zero-order valence-corrected chi connectivity index (χ0v) is 9.92. The standard InChI is InChI=1S/C14H20O/c1-4-13(5-2)10-11-15-14-8-6-12(3)7-9-14/h6-10H,4-5,11H2,1-3H3. The van der Waals surface area contributed by atoms with Gasteiger partial charge in [-0.15, -0.1) is 0 Å². The summed E-state index contributed by atoms with van der Waals surface area (Å²) in [6.07, 6.45) is 4.42. The Morgan fingerprint density at radius 3 is 2.27 bits per heavy atom. The second-order valence-corrected chi connectivity index (χ2v) is 3.69. The van der Waals surface area contributed by atoms with Gasteiger partial charge in [0.2, 0.25) is 0 Å². The van der Waals surface area contributed by atoms with Crippen molar-refractivity contribution in [3.05, 3.63) is 41.5 Å². The topological polar surface area (TPSA) is 9.23 Å². The fourth-order valence-electron chi connectivity index (χ4n) is 1.43. The lowest BCUT2D eigenvalue weighted by molar-refractivity contribution is 0.361. The van der Waals surface area contributed by atoms with Crippen molar-refractivity contribution >= 4 is 0 Å². The molecule has 0 bridgehead atoms. The second kappa shape index (κ2) is 6.28. The van der Waals surface area contributed by atoms with Crippen molar-refractivity contribution in [2.45, 2.75) is 33.6 Å². The Bertz CT molecular complexity index is 303. The molecule has 0 aliphatic heterocycles. The highest BCUT2D eigenvalue weighted by Crippen LogP contribution is 2.12. The van der Waals surface area contributed by atoms with Crippen LogP contribution in [0, 0.1) is 6.92 Å². The maximum atomic E-state index is 5.62. The highest BCUT2D eigenvalue weighted by molar-refractivity contribution is 5.26. The normalized spacial score (nSPS) is 9.80. The average Bonchev–Trinajstić information content (AvgIpc) is 2.27. The minimum Gasteiger partial charge on any atom is -0.490 e. The summed E-state index contributed by atoms with van der Waals surface area (Å²) in [6, 6.07) is 8.17. The van der Waals surface area contributed by atoms with Crippen molar-refractivity contribution in [1.29, 1.82) is 0 Å². The molecule has 0 unspecified atom stereocenters. The third-order valence-electron chi connectivity index (χ3n) is 2.55. The first-order valence-electron chi connectivity index (χ1n) is 5.63. The first-order valence-corrected chi connectivity index (χ1v) is 5.63. The fourth-order valence-corrected chi connectivity index (χ4v) is 1.43. The lowest BCUT2D eigenvalue weighted by atomic mass is 10.1. The van der Waals surface area contributed by atoms with E-state index in [0.717, 1.165) is 18.6 Å². The van der Waals surface area contributed by atoms with Gasteiger partial charge in [0.25, 0.3) is 0 Å². The summed E-state index contributed by atoms with van der Waals surface area (Å²) in [7, 11) is 0. The molecule has 0 amide bonds. The van der Waals surface area contributed by atoms with Crippen molar-refractivity contribution in [3.8, 4) is 5.75 Å². The fraction of sp³-hybridized carbons (Fsp3) is 0.429. The molecule has 1 rings (SSSR count). The van der Waals surface area contributed by atoms with Crippen molar-refractivity contribution in [2.24, 2.45) is 0 Å². The number of aryl methyl sites for hydroxylation is 1. The molecule has 0 N–H and O–H groups in total. The molecule has 0 spiro atoms. The largest absolute Gasteiger partial charge is 0.490 e. The van der Waals surface area contributed by atoms with Crippen LogP contribution in [0.25, 0.3) is 0 Å². The first-order chi connectivity index (χ1) is 7.26. The smallest absolute Gasteiger partial charge is 0.119 e. The zero-order chi connectivity index (χ0) is 11.1. The molecule has 0 saturated heterocycles. The molecule has 1 nitrogen and oxygen atoms in total. The van der Waals surface area contributed by atoms with Crippen molar-refractivity contribution < 1.29 is 4.74 Å². The predicted octanol–water partition coefficient (Wildman–Crippen LogP) is 4.12. The van der Waals surface area contributed by atoms with E-state index in [1.807, 2.05) is 12.1 Å².